The number of ether oxygens (including phenoxy) is 1. The van der Waals surface area contributed by atoms with Crippen LogP contribution in [0.25, 0.3) is 0 Å². The van der Waals surface area contributed by atoms with E-state index >= 15 is 0 Å². The average molecular weight is 220 g/mol. The minimum Gasteiger partial charge on any atom is -0.399 e. The number of nitrogens with two attached hydrogens (primary N) is 1. The van der Waals surface area contributed by atoms with Crippen molar-refractivity contribution in [3.63, 3.8) is 0 Å². The molecule has 0 atom stereocenters. The molecule has 1 aromatic carbocycles. The van der Waals surface area contributed by atoms with Crippen LogP contribution in [-0.2, 0) is 11.2 Å². The van der Waals surface area contributed by atoms with Crippen LogP contribution < -0.4 is 5.73 Å². The maximum atomic E-state index is 5.80. The molecule has 3 nitrogen and oxygen atoms in total. The molecule has 1 aliphatic rings. The number of hydrogen-bond acceptors (Lipinski definition) is 3. The van der Waals surface area contributed by atoms with Crippen LogP contribution in [0.2, 0.25) is 0 Å². The number of nitrogens with zero attached hydrogens (tertiary/aromatic N) is 1. The zero-order valence-corrected chi connectivity index (χ0v) is 9.91. The molecule has 3 heteroatoms. The minimum absolute atomic E-state index is 0.876. The van der Waals surface area contributed by atoms with Gasteiger partial charge in [-0.2, -0.15) is 0 Å². The third-order valence-electron chi connectivity index (χ3n) is 3.15. The van der Waals surface area contributed by atoms with Gasteiger partial charge in [0.15, 0.2) is 0 Å². The monoisotopic (exact) mass is 220 g/mol. The summed E-state index contributed by atoms with van der Waals surface area (Å²) >= 11 is 0. The molecule has 2 rings (SSSR count). The molecule has 1 heterocycles. The molecule has 1 fully saturated rings. The molecular weight excluding hydrogens is 200 g/mol. The maximum absolute atomic E-state index is 5.80. The third kappa shape index (κ3) is 2.97. The van der Waals surface area contributed by atoms with E-state index in [0.29, 0.717) is 0 Å². The van der Waals surface area contributed by atoms with Crippen LogP contribution in [0.4, 0.5) is 5.69 Å². The Labute approximate surface area is 97.2 Å². The molecule has 0 aromatic heterocycles. The van der Waals surface area contributed by atoms with Crippen LogP contribution in [0.15, 0.2) is 18.2 Å². The van der Waals surface area contributed by atoms with E-state index in [2.05, 4.69) is 24.0 Å². The van der Waals surface area contributed by atoms with Gasteiger partial charge < -0.3 is 10.5 Å². The molecular formula is C13H20N2O. The van der Waals surface area contributed by atoms with Gasteiger partial charge in [0.05, 0.1) is 13.2 Å². The van der Waals surface area contributed by atoms with Gasteiger partial charge in [-0.3, -0.25) is 4.90 Å². The molecule has 0 aliphatic carbocycles. The highest BCUT2D eigenvalue weighted by Crippen LogP contribution is 2.13. The highest BCUT2D eigenvalue weighted by atomic mass is 16.5. The first kappa shape index (κ1) is 11.4. The van der Waals surface area contributed by atoms with E-state index in [4.69, 9.17) is 10.5 Å². The summed E-state index contributed by atoms with van der Waals surface area (Å²) in [6.45, 7) is 7.06. The lowest BCUT2D eigenvalue weighted by Gasteiger charge is -2.26. The second kappa shape index (κ2) is 5.32. The van der Waals surface area contributed by atoms with Crippen LogP contribution >= 0.6 is 0 Å². The van der Waals surface area contributed by atoms with E-state index in [1.165, 1.54) is 11.1 Å². The van der Waals surface area contributed by atoms with Crippen LogP contribution in [-0.4, -0.2) is 37.7 Å². The number of aryl methyl sites for hydroxylation is 1. The Balaban J connectivity index is 1.86. The van der Waals surface area contributed by atoms with Gasteiger partial charge >= 0.3 is 0 Å². The number of nitrogen functional groups attached to an aromatic ring is 1. The molecule has 0 saturated carbocycles. The molecule has 0 unspecified atom stereocenters. The minimum atomic E-state index is 0.876. The smallest absolute Gasteiger partial charge is 0.0594 e. The van der Waals surface area contributed by atoms with Crippen molar-refractivity contribution in [2.24, 2.45) is 0 Å². The standard InChI is InChI=1S/C13H20N2O/c1-11-10-12(2-3-13(11)14)4-5-15-6-8-16-9-7-15/h2-3,10H,4-9,14H2,1H3. The maximum Gasteiger partial charge on any atom is 0.0594 e. The summed E-state index contributed by atoms with van der Waals surface area (Å²) in [6, 6.07) is 6.32. The van der Waals surface area contributed by atoms with Crippen molar-refractivity contribution in [2.75, 3.05) is 38.6 Å². The van der Waals surface area contributed by atoms with E-state index in [0.717, 1.165) is 45.0 Å². The first-order valence-electron chi connectivity index (χ1n) is 5.91. The van der Waals surface area contributed by atoms with Crippen molar-refractivity contribution in [3.8, 4) is 0 Å². The lowest BCUT2D eigenvalue weighted by molar-refractivity contribution is 0.0384. The molecule has 1 saturated heterocycles. The molecule has 2 N–H and O–H groups in total. The number of rotatable bonds is 3. The van der Waals surface area contributed by atoms with Gasteiger partial charge in [-0.15, -0.1) is 0 Å². The lowest BCUT2D eigenvalue weighted by Crippen LogP contribution is -2.37. The van der Waals surface area contributed by atoms with Gasteiger partial charge in [0.25, 0.3) is 0 Å². The average Bonchev–Trinajstić information content (AvgIpc) is 2.32. The van der Waals surface area contributed by atoms with Crippen molar-refractivity contribution >= 4 is 5.69 Å². The Morgan fingerprint density at radius 1 is 1.31 bits per heavy atom. The van der Waals surface area contributed by atoms with Crippen LogP contribution in [0.1, 0.15) is 11.1 Å². The van der Waals surface area contributed by atoms with Crippen molar-refractivity contribution in [1.29, 1.82) is 0 Å². The number of hydrogen-bond donors (Lipinski definition) is 1. The first-order chi connectivity index (χ1) is 7.75. The molecule has 88 valence electrons. The largest absolute Gasteiger partial charge is 0.399 e. The van der Waals surface area contributed by atoms with E-state index in [1.807, 2.05) is 6.07 Å². The Morgan fingerprint density at radius 2 is 2.06 bits per heavy atom. The van der Waals surface area contributed by atoms with Gasteiger partial charge in [-0.25, -0.2) is 0 Å². The highest BCUT2D eigenvalue weighted by Gasteiger charge is 2.09. The van der Waals surface area contributed by atoms with Crippen molar-refractivity contribution < 1.29 is 4.74 Å². The normalized spacial score (nSPS) is 17.6. The topological polar surface area (TPSA) is 38.5 Å². The summed E-state index contributed by atoms with van der Waals surface area (Å²) in [5.74, 6) is 0. The molecule has 0 bridgehead atoms. The van der Waals surface area contributed by atoms with Crippen molar-refractivity contribution in [2.45, 2.75) is 13.3 Å². The Bertz CT molecular complexity index is 346. The van der Waals surface area contributed by atoms with E-state index in [-0.39, 0.29) is 0 Å². The van der Waals surface area contributed by atoms with Crippen molar-refractivity contribution in [3.05, 3.63) is 29.3 Å². The molecule has 1 aliphatic heterocycles. The van der Waals surface area contributed by atoms with E-state index < -0.39 is 0 Å². The summed E-state index contributed by atoms with van der Waals surface area (Å²) in [4.78, 5) is 2.45. The van der Waals surface area contributed by atoms with Crippen LogP contribution in [0.3, 0.4) is 0 Å². The summed E-state index contributed by atoms with van der Waals surface area (Å²) in [6.07, 6.45) is 1.10. The van der Waals surface area contributed by atoms with Gasteiger partial charge in [-0.1, -0.05) is 12.1 Å². The second-order valence-electron chi connectivity index (χ2n) is 4.39. The quantitative estimate of drug-likeness (QED) is 0.784. The lowest BCUT2D eigenvalue weighted by atomic mass is 10.1. The van der Waals surface area contributed by atoms with Gasteiger partial charge in [-0.05, 0) is 30.5 Å². The summed E-state index contributed by atoms with van der Waals surface area (Å²) in [7, 11) is 0. The number of morpholine rings is 1. The molecule has 0 spiro atoms. The van der Waals surface area contributed by atoms with E-state index in [9.17, 15) is 0 Å². The predicted molar refractivity (Wildman–Crippen MR) is 66.6 cm³/mol. The van der Waals surface area contributed by atoms with Crippen molar-refractivity contribution in [1.82, 2.24) is 4.90 Å². The predicted octanol–water partition coefficient (Wildman–Crippen LogP) is 1.45. The fourth-order valence-corrected chi connectivity index (χ4v) is 2.01. The zero-order valence-electron chi connectivity index (χ0n) is 9.91. The van der Waals surface area contributed by atoms with Crippen LogP contribution in [0.5, 0.6) is 0 Å². The third-order valence-corrected chi connectivity index (χ3v) is 3.15. The van der Waals surface area contributed by atoms with Gasteiger partial charge in [0.1, 0.15) is 0 Å². The number of benzene rings is 1. The Hall–Kier alpha value is -1.06. The zero-order chi connectivity index (χ0) is 11.4. The summed E-state index contributed by atoms with van der Waals surface area (Å²) in [5, 5.41) is 0. The second-order valence-corrected chi connectivity index (χ2v) is 4.39. The Morgan fingerprint density at radius 3 is 2.75 bits per heavy atom. The molecule has 1 aromatic rings. The van der Waals surface area contributed by atoms with Crippen LogP contribution in [0, 0.1) is 6.92 Å². The molecule has 16 heavy (non-hydrogen) atoms. The molecule has 0 amide bonds. The number of anilines is 1. The Kier molecular flexibility index (Phi) is 3.80. The summed E-state index contributed by atoms with van der Waals surface area (Å²) < 4.78 is 5.33. The van der Waals surface area contributed by atoms with E-state index in [1.54, 1.807) is 0 Å². The summed E-state index contributed by atoms with van der Waals surface area (Å²) in [5.41, 5.74) is 9.24. The highest BCUT2D eigenvalue weighted by molar-refractivity contribution is 5.47. The SMILES string of the molecule is Cc1cc(CCN2CCOCC2)ccc1N. The van der Waals surface area contributed by atoms with Gasteiger partial charge in [0.2, 0.25) is 0 Å². The molecule has 0 radical (unpaired) electrons. The first-order valence-corrected chi connectivity index (χ1v) is 5.91. The van der Waals surface area contributed by atoms with Gasteiger partial charge in [0, 0.05) is 25.3 Å². The fourth-order valence-electron chi connectivity index (χ4n) is 2.01. The fraction of sp³-hybridized carbons (Fsp3) is 0.538.